The van der Waals surface area contributed by atoms with Crippen molar-refractivity contribution >= 4 is 43.0 Å². The van der Waals surface area contributed by atoms with Gasteiger partial charge in [0.05, 0.1) is 17.1 Å². The first-order chi connectivity index (χ1) is 10.8. The van der Waals surface area contributed by atoms with Gasteiger partial charge in [-0.3, -0.25) is 4.79 Å². The average Bonchev–Trinajstić information content (AvgIpc) is 2.45. The Kier molecular flexibility index (Phi) is 5.43. The summed E-state index contributed by atoms with van der Waals surface area (Å²) in [5.74, 6) is -0.252. The molecule has 122 valence electrons. The molecule has 0 atom stereocenters. The Bertz CT molecular complexity index is 835. The molecule has 0 saturated carbocycles. The molecule has 0 heterocycles. The van der Waals surface area contributed by atoms with Crippen molar-refractivity contribution in [2.24, 2.45) is 0 Å². The van der Waals surface area contributed by atoms with Crippen molar-refractivity contribution in [2.45, 2.75) is 11.8 Å². The number of anilines is 2. The standard InChI is InChI=1S/C16H17BrN2O3S/c1-11-4-3-5-13(8-11)19-16(20)10-18-14-7-6-12(17)9-15(14)23(2,21)22/h3-9,18H,10H2,1-2H3,(H,19,20). The van der Waals surface area contributed by atoms with Crippen molar-refractivity contribution in [3.63, 3.8) is 0 Å². The number of amides is 1. The lowest BCUT2D eigenvalue weighted by molar-refractivity contribution is -0.114. The normalized spacial score (nSPS) is 11.1. The van der Waals surface area contributed by atoms with Crippen molar-refractivity contribution in [3.8, 4) is 0 Å². The number of halogens is 1. The highest BCUT2D eigenvalue weighted by Gasteiger charge is 2.14. The molecule has 0 aliphatic carbocycles. The molecule has 2 aromatic carbocycles. The zero-order valence-corrected chi connectivity index (χ0v) is 15.2. The number of hydrogen-bond acceptors (Lipinski definition) is 4. The maximum atomic E-state index is 12.0. The molecule has 0 radical (unpaired) electrons. The van der Waals surface area contributed by atoms with E-state index in [0.717, 1.165) is 11.8 Å². The minimum atomic E-state index is -3.39. The molecule has 2 rings (SSSR count). The minimum absolute atomic E-state index is 0.0297. The van der Waals surface area contributed by atoms with Gasteiger partial charge in [-0.2, -0.15) is 0 Å². The topological polar surface area (TPSA) is 75.3 Å². The second kappa shape index (κ2) is 7.14. The Morgan fingerprint density at radius 3 is 2.57 bits per heavy atom. The van der Waals surface area contributed by atoms with Gasteiger partial charge in [0, 0.05) is 16.4 Å². The van der Waals surface area contributed by atoms with Crippen LogP contribution in [-0.2, 0) is 14.6 Å². The molecule has 0 saturated heterocycles. The molecule has 0 fully saturated rings. The number of nitrogens with one attached hydrogen (secondary N) is 2. The van der Waals surface area contributed by atoms with Crippen LogP contribution in [0.4, 0.5) is 11.4 Å². The summed E-state index contributed by atoms with van der Waals surface area (Å²) in [6.07, 6.45) is 1.13. The molecule has 1 amide bonds. The fraction of sp³-hybridized carbons (Fsp3) is 0.188. The fourth-order valence-corrected chi connectivity index (χ4v) is 3.45. The number of carbonyl (C=O) groups is 1. The lowest BCUT2D eigenvalue weighted by Gasteiger charge is -2.12. The smallest absolute Gasteiger partial charge is 0.243 e. The molecule has 2 aromatic rings. The van der Waals surface area contributed by atoms with E-state index in [2.05, 4.69) is 26.6 Å². The predicted octanol–water partition coefficient (Wildman–Crippen LogP) is 3.21. The Labute approximate surface area is 144 Å². The maximum Gasteiger partial charge on any atom is 0.243 e. The first kappa shape index (κ1) is 17.5. The Hall–Kier alpha value is -1.86. The highest BCUT2D eigenvalue weighted by Crippen LogP contribution is 2.25. The van der Waals surface area contributed by atoms with E-state index in [9.17, 15) is 13.2 Å². The summed E-state index contributed by atoms with van der Waals surface area (Å²) >= 11 is 3.25. The van der Waals surface area contributed by atoms with Crippen LogP contribution in [0.1, 0.15) is 5.56 Å². The average molecular weight is 397 g/mol. The third-order valence-corrected chi connectivity index (χ3v) is 4.71. The highest BCUT2D eigenvalue weighted by molar-refractivity contribution is 9.10. The minimum Gasteiger partial charge on any atom is -0.375 e. The van der Waals surface area contributed by atoms with Gasteiger partial charge in [-0.1, -0.05) is 28.1 Å². The maximum absolute atomic E-state index is 12.0. The Morgan fingerprint density at radius 1 is 1.17 bits per heavy atom. The van der Waals surface area contributed by atoms with E-state index in [1.807, 2.05) is 25.1 Å². The van der Waals surface area contributed by atoms with Crippen molar-refractivity contribution in [3.05, 3.63) is 52.5 Å². The lowest BCUT2D eigenvalue weighted by Crippen LogP contribution is -2.22. The van der Waals surface area contributed by atoms with Crippen molar-refractivity contribution in [1.82, 2.24) is 0 Å². The molecule has 2 N–H and O–H groups in total. The van der Waals surface area contributed by atoms with E-state index < -0.39 is 9.84 Å². The van der Waals surface area contributed by atoms with Crippen molar-refractivity contribution in [2.75, 3.05) is 23.4 Å². The first-order valence-electron chi connectivity index (χ1n) is 6.86. The molecule has 0 aliphatic rings. The number of carbonyl (C=O) groups excluding carboxylic acids is 1. The van der Waals surface area contributed by atoms with Crippen LogP contribution in [0.5, 0.6) is 0 Å². The van der Waals surface area contributed by atoms with Gasteiger partial charge in [-0.05, 0) is 42.8 Å². The summed E-state index contributed by atoms with van der Waals surface area (Å²) in [4.78, 5) is 12.1. The van der Waals surface area contributed by atoms with Gasteiger partial charge < -0.3 is 10.6 Å². The van der Waals surface area contributed by atoms with Crippen LogP contribution in [0.2, 0.25) is 0 Å². The monoisotopic (exact) mass is 396 g/mol. The SMILES string of the molecule is Cc1cccc(NC(=O)CNc2ccc(Br)cc2S(C)(=O)=O)c1. The van der Waals surface area contributed by atoms with Gasteiger partial charge in [0.15, 0.2) is 9.84 Å². The zero-order valence-electron chi connectivity index (χ0n) is 12.8. The van der Waals surface area contributed by atoms with Crippen LogP contribution in [0.15, 0.2) is 51.8 Å². The fourth-order valence-electron chi connectivity index (χ4n) is 2.05. The molecule has 7 heteroatoms. The molecule has 0 aliphatic heterocycles. The van der Waals surface area contributed by atoms with Crippen LogP contribution in [0.25, 0.3) is 0 Å². The summed E-state index contributed by atoms with van der Waals surface area (Å²) in [5, 5.41) is 5.63. The molecular formula is C16H17BrN2O3S. The number of hydrogen-bond donors (Lipinski definition) is 2. The molecule has 5 nitrogen and oxygen atoms in total. The van der Waals surface area contributed by atoms with Crippen LogP contribution < -0.4 is 10.6 Å². The van der Waals surface area contributed by atoms with E-state index >= 15 is 0 Å². The number of sulfone groups is 1. The predicted molar refractivity (Wildman–Crippen MR) is 95.6 cm³/mol. The van der Waals surface area contributed by atoms with Gasteiger partial charge in [0.1, 0.15) is 0 Å². The molecule has 0 aromatic heterocycles. The summed E-state index contributed by atoms with van der Waals surface area (Å²) < 4.78 is 24.3. The molecule has 0 unspecified atom stereocenters. The second-order valence-corrected chi connectivity index (χ2v) is 8.08. The van der Waals surface area contributed by atoms with E-state index in [-0.39, 0.29) is 17.3 Å². The Morgan fingerprint density at radius 2 is 1.91 bits per heavy atom. The van der Waals surface area contributed by atoms with E-state index in [1.54, 1.807) is 18.2 Å². The molecule has 0 spiro atoms. The summed E-state index contributed by atoms with van der Waals surface area (Å²) in [6, 6.07) is 12.3. The third kappa shape index (κ3) is 5.07. The van der Waals surface area contributed by atoms with Crippen molar-refractivity contribution in [1.29, 1.82) is 0 Å². The van der Waals surface area contributed by atoms with E-state index in [0.29, 0.717) is 15.8 Å². The third-order valence-electron chi connectivity index (χ3n) is 3.08. The van der Waals surface area contributed by atoms with Crippen LogP contribution in [0, 0.1) is 6.92 Å². The number of rotatable bonds is 5. The Balaban J connectivity index is 2.08. The number of benzene rings is 2. The van der Waals surface area contributed by atoms with E-state index in [1.165, 1.54) is 6.07 Å². The van der Waals surface area contributed by atoms with Crippen LogP contribution >= 0.6 is 15.9 Å². The largest absolute Gasteiger partial charge is 0.375 e. The van der Waals surface area contributed by atoms with Crippen LogP contribution in [-0.4, -0.2) is 27.1 Å². The number of aryl methyl sites for hydroxylation is 1. The van der Waals surface area contributed by atoms with Gasteiger partial charge in [-0.15, -0.1) is 0 Å². The van der Waals surface area contributed by atoms with Crippen molar-refractivity contribution < 1.29 is 13.2 Å². The quantitative estimate of drug-likeness (QED) is 0.813. The van der Waals surface area contributed by atoms with Gasteiger partial charge in [0.25, 0.3) is 0 Å². The second-order valence-electron chi connectivity index (χ2n) is 5.18. The lowest BCUT2D eigenvalue weighted by atomic mass is 10.2. The molecule has 0 bridgehead atoms. The summed E-state index contributed by atoms with van der Waals surface area (Å²) in [6.45, 7) is 1.91. The molecule has 23 heavy (non-hydrogen) atoms. The zero-order chi connectivity index (χ0) is 17.0. The summed E-state index contributed by atoms with van der Waals surface area (Å²) in [7, 11) is -3.39. The van der Waals surface area contributed by atoms with Gasteiger partial charge >= 0.3 is 0 Å². The first-order valence-corrected chi connectivity index (χ1v) is 9.54. The van der Waals surface area contributed by atoms with Gasteiger partial charge in [0.2, 0.25) is 5.91 Å². The van der Waals surface area contributed by atoms with Gasteiger partial charge in [-0.25, -0.2) is 8.42 Å². The molecular weight excluding hydrogens is 380 g/mol. The highest BCUT2D eigenvalue weighted by atomic mass is 79.9. The van der Waals surface area contributed by atoms with Crippen LogP contribution in [0.3, 0.4) is 0 Å². The summed E-state index contributed by atoms with van der Waals surface area (Å²) in [5.41, 5.74) is 2.15. The van der Waals surface area contributed by atoms with E-state index in [4.69, 9.17) is 0 Å².